The number of hydrogen-bond donors (Lipinski definition) is 3. The molecule has 1 aliphatic rings. The Bertz CT molecular complexity index is 1420. The van der Waals surface area contributed by atoms with E-state index in [9.17, 15) is 13.5 Å². The van der Waals surface area contributed by atoms with Crippen molar-refractivity contribution >= 4 is 33.6 Å². The molecule has 0 radical (unpaired) electrons. The average molecular weight is 490 g/mol. The highest BCUT2D eigenvalue weighted by Gasteiger charge is 2.25. The van der Waals surface area contributed by atoms with Crippen molar-refractivity contribution in [1.82, 2.24) is 28.4 Å². The third-order valence-corrected chi connectivity index (χ3v) is 7.17. The fraction of sp³-hybridized carbons (Fsp3) is 0.250. The van der Waals surface area contributed by atoms with Crippen LogP contribution in [-0.4, -0.2) is 63.4 Å². The average Bonchev–Trinajstić information content (AvgIpc) is 3.38. The molecular formula is C20H20ClN7O4S. The fourth-order valence-corrected chi connectivity index (χ4v) is 5.06. The number of phenols is 1. The first-order valence-electron chi connectivity index (χ1n) is 10.2. The molecule has 172 valence electrons. The maximum absolute atomic E-state index is 12.1. The van der Waals surface area contributed by atoms with Crippen molar-refractivity contribution in [3.05, 3.63) is 47.9 Å². The number of nitrogens with one attached hydrogen (secondary N) is 2. The third-order valence-electron chi connectivity index (χ3n) is 5.23. The Hall–Kier alpha value is -3.19. The zero-order valence-corrected chi connectivity index (χ0v) is 18.8. The lowest BCUT2D eigenvalue weighted by Crippen LogP contribution is -2.48. The third kappa shape index (κ3) is 4.25. The topological polar surface area (TPSA) is 138 Å². The Morgan fingerprint density at radius 3 is 2.97 bits per heavy atom. The van der Waals surface area contributed by atoms with Crippen molar-refractivity contribution in [3.63, 3.8) is 0 Å². The molecule has 5 rings (SSSR count). The number of fused-ring (bicyclic) bond motifs is 1. The van der Waals surface area contributed by atoms with Gasteiger partial charge in [0.15, 0.2) is 0 Å². The Kier molecular flexibility index (Phi) is 5.66. The molecule has 1 aromatic carbocycles. The summed E-state index contributed by atoms with van der Waals surface area (Å²) in [4.78, 5) is 13.4. The van der Waals surface area contributed by atoms with E-state index in [0.717, 1.165) is 6.42 Å². The number of rotatable bonds is 6. The summed E-state index contributed by atoms with van der Waals surface area (Å²) in [6.45, 7) is 1.56. The lowest BCUT2D eigenvalue weighted by atomic mass is 10.1. The molecule has 3 N–H and O–H groups in total. The first-order valence-corrected chi connectivity index (χ1v) is 12.0. The van der Waals surface area contributed by atoms with Crippen LogP contribution in [0.15, 0.2) is 47.3 Å². The van der Waals surface area contributed by atoms with Crippen LogP contribution in [0.2, 0.25) is 5.02 Å². The van der Waals surface area contributed by atoms with E-state index in [1.165, 1.54) is 16.6 Å². The monoisotopic (exact) mass is 489 g/mol. The predicted molar refractivity (Wildman–Crippen MR) is 122 cm³/mol. The number of halogens is 1. The molecule has 1 saturated heterocycles. The molecule has 0 atom stereocenters. The van der Waals surface area contributed by atoms with E-state index in [1.54, 1.807) is 35.0 Å². The van der Waals surface area contributed by atoms with Gasteiger partial charge in [0, 0.05) is 44.1 Å². The summed E-state index contributed by atoms with van der Waals surface area (Å²) >= 11 is 5.96. The first kappa shape index (κ1) is 21.6. The Morgan fingerprint density at radius 1 is 1.27 bits per heavy atom. The Morgan fingerprint density at radius 2 is 2.15 bits per heavy atom. The molecule has 0 amide bonds. The number of benzene rings is 1. The summed E-state index contributed by atoms with van der Waals surface area (Å²) in [5.41, 5.74) is 2.41. The second-order valence-electron chi connectivity index (χ2n) is 7.38. The number of hydrogen-bond acceptors (Lipinski definition) is 8. The molecular weight excluding hydrogens is 470 g/mol. The van der Waals surface area contributed by atoms with Gasteiger partial charge in [0.1, 0.15) is 23.4 Å². The molecule has 1 aliphatic heterocycles. The molecule has 0 spiro atoms. The maximum atomic E-state index is 12.1. The summed E-state index contributed by atoms with van der Waals surface area (Å²) in [6.07, 6.45) is 5.60. The van der Waals surface area contributed by atoms with Crippen molar-refractivity contribution in [2.75, 3.05) is 31.5 Å². The quantitative estimate of drug-likeness (QED) is 0.375. The smallest absolute Gasteiger partial charge is 0.306 e. The minimum Gasteiger partial charge on any atom is -0.506 e. The standard InChI is InChI=1S/C20H20ClN7O4S/c21-14-3-2-13(12-16(14)29)17-18(28-10-11-32-20(28)26-17)15-4-6-22-19(25-15)23-7-9-27-8-1-5-24-33(27,30)31/h2-4,6,10-12,24,29H,1,5,7-9H2,(H,22,23,25). The SMILES string of the molecule is O=S1(=O)NCCCN1CCNc1nccc(-c2c(-c3ccc(Cl)c(O)c3)nc3occn23)n1. The lowest BCUT2D eigenvalue weighted by Gasteiger charge is -2.26. The number of aromatic hydroxyl groups is 1. The molecule has 0 bridgehead atoms. The fourth-order valence-electron chi connectivity index (χ4n) is 3.66. The number of imidazole rings is 1. The molecule has 0 saturated carbocycles. The van der Waals surface area contributed by atoms with Crippen molar-refractivity contribution in [1.29, 1.82) is 0 Å². The van der Waals surface area contributed by atoms with Gasteiger partial charge in [-0.2, -0.15) is 17.7 Å². The number of phenolic OH excluding ortho intramolecular Hbond substituents is 1. The molecule has 0 aliphatic carbocycles. The molecule has 33 heavy (non-hydrogen) atoms. The molecule has 11 nitrogen and oxygen atoms in total. The van der Waals surface area contributed by atoms with Gasteiger partial charge >= 0.3 is 5.84 Å². The van der Waals surface area contributed by atoms with Gasteiger partial charge in [0.2, 0.25) is 5.95 Å². The molecule has 13 heteroatoms. The number of nitrogens with zero attached hydrogens (tertiary/aromatic N) is 5. The summed E-state index contributed by atoms with van der Waals surface area (Å²) in [5.74, 6) is 0.653. The van der Waals surface area contributed by atoms with Gasteiger partial charge in [-0.25, -0.2) is 14.7 Å². The predicted octanol–water partition coefficient (Wildman–Crippen LogP) is 2.36. The van der Waals surface area contributed by atoms with Gasteiger partial charge in [-0.1, -0.05) is 17.7 Å². The van der Waals surface area contributed by atoms with E-state index in [1.807, 2.05) is 0 Å². The van der Waals surface area contributed by atoms with Crippen LogP contribution in [-0.2, 0) is 10.2 Å². The van der Waals surface area contributed by atoms with Crippen LogP contribution >= 0.6 is 11.6 Å². The molecule has 1 fully saturated rings. The van der Waals surface area contributed by atoms with Gasteiger partial charge in [-0.05, 0) is 24.6 Å². The zero-order valence-electron chi connectivity index (χ0n) is 17.3. The van der Waals surface area contributed by atoms with E-state index in [-0.39, 0.29) is 17.3 Å². The first-order chi connectivity index (χ1) is 15.9. The van der Waals surface area contributed by atoms with E-state index in [4.69, 9.17) is 16.0 Å². The van der Waals surface area contributed by atoms with Crippen molar-refractivity contribution in [2.24, 2.45) is 0 Å². The van der Waals surface area contributed by atoms with Crippen molar-refractivity contribution < 1.29 is 17.9 Å². The largest absolute Gasteiger partial charge is 0.506 e. The second kappa shape index (κ2) is 8.63. The van der Waals surface area contributed by atoms with Crippen LogP contribution in [0.4, 0.5) is 5.95 Å². The summed E-state index contributed by atoms with van der Waals surface area (Å²) < 4.78 is 35.2. The highest BCUT2D eigenvalue weighted by Crippen LogP contribution is 2.35. The van der Waals surface area contributed by atoms with Crippen LogP contribution in [0.25, 0.3) is 28.5 Å². The zero-order chi connectivity index (χ0) is 23.0. The van der Waals surface area contributed by atoms with Crippen LogP contribution in [0.3, 0.4) is 0 Å². The molecule has 0 unspecified atom stereocenters. The molecule has 4 heterocycles. The van der Waals surface area contributed by atoms with E-state index < -0.39 is 10.2 Å². The lowest BCUT2D eigenvalue weighted by molar-refractivity contribution is 0.383. The molecule has 4 aromatic rings. The summed E-state index contributed by atoms with van der Waals surface area (Å²) in [6, 6.07) is 6.61. The van der Waals surface area contributed by atoms with Crippen molar-refractivity contribution in [3.8, 4) is 28.4 Å². The summed E-state index contributed by atoms with van der Waals surface area (Å²) in [7, 11) is -3.43. The van der Waals surface area contributed by atoms with Crippen LogP contribution in [0, 0.1) is 0 Å². The highest BCUT2D eigenvalue weighted by molar-refractivity contribution is 7.87. The Balaban J connectivity index is 1.43. The minimum absolute atomic E-state index is 0.0584. The van der Waals surface area contributed by atoms with Crippen LogP contribution in [0.5, 0.6) is 5.75 Å². The summed E-state index contributed by atoms with van der Waals surface area (Å²) in [5, 5.41) is 13.4. The van der Waals surface area contributed by atoms with Crippen LogP contribution < -0.4 is 10.0 Å². The van der Waals surface area contributed by atoms with Gasteiger partial charge in [-0.15, -0.1) is 0 Å². The maximum Gasteiger partial charge on any atom is 0.306 e. The van der Waals surface area contributed by atoms with E-state index in [0.29, 0.717) is 54.1 Å². The van der Waals surface area contributed by atoms with Gasteiger partial charge in [0.05, 0.1) is 10.7 Å². The number of aromatic nitrogens is 4. The second-order valence-corrected chi connectivity index (χ2v) is 9.54. The number of oxazole rings is 1. The van der Waals surface area contributed by atoms with E-state index >= 15 is 0 Å². The normalized spacial score (nSPS) is 16.3. The molecule has 3 aromatic heterocycles. The Labute approximate surface area is 194 Å². The highest BCUT2D eigenvalue weighted by atomic mass is 35.5. The van der Waals surface area contributed by atoms with Gasteiger partial charge in [-0.3, -0.25) is 4.40 Å². The van der Waals surface area contributed by atoms with Crippen LogP contribution in [0.1, 0.15) is 6.42 Å². The van der Waals surface area contributed by atoms with Crippen molar-refractivity contribution in [2.45, 2.75) is 6.42 Å². The van der Waals surface area contributed by atoms with Gasteiger partial charge < -0.3 is 14.8 Å². The number of anilines is 1. The van der Waals surface area contributed by atoms with Gasteiger partial charge in [0.25, 0.3) is 10.2 Å². The minimum atomic E-state index is -3.43. The van der Waals surface area contributed by atoms with E-state index in [2.05, 4.69) is 25.0 Å².